The molecular weight excluding hydrogens is 494 g/mol. The van der Waals surface area contributed by atoms with Gasteiger partial charge in [-0.3, -0.25) is 14.5 Å². The number of aryl methyl sites for hydroxylation is 1. The number of likely N-dealkylation sites (tertiary alicyclic amines) is 1. The van der Waals surface area contributed by atoms with Gasteiger partial charge < -0.3 is 14.7 Å². The molecule has 0 spiro atoms. The molecule has 1 N–H and O–H groups in total. The molecule has 10 heteroatoms. The maximum Gasteiger partial charge on any atom is 0.295 e. The van der Waals surface area contributed by atoms with E-state index in [1.807, 2.05) is 31.2 Å². The first-order valence-electron chi connectivity index (χ1n) is 12.4. The lowest BCUT2D eigenvalue weighted by atomic mass is 9.94. The normalized spacial score (nSPS) is 20.6. The summed E-state index contributed by atoms with van der Waals surface area (Å²) in [5.41, 5.74) is 1.92. The largest absolute Gasteiger partial charge is 0.507 e. The molecule has 0 aliphatic carbocycles. The minimum Gasteiger partial charge on any atom is -0.507 e. The Bertz CT molecular complexity index is 1300. The maximum absolute atomic E-state index is 13.3. The van der Waals surface area contributed by atoms with Gasteiger partial charge in [0.1, 0.15) is 5.76 Å². The number of aliphatic hydroxyl groups excluding tert-OH is 1. The summed E-state index contributed by atoms with van der Waals surface area (Å²) < 4.78 is 31.8. The van der Waals surface area contributed by atoms with Crippen molar-refractivity contribution in [1.29, 1.82) is 0 Å². The van der Waals surface area contributed by atoms with Crippen LogP contribution in [0.5, 0.6) is 0 Å². The van der Waals surface area contributed by atoms with Crippen LogP contribution in [0, 0.1) is 0 Å². The molecule has 2 aromatic carbocycles. The van der Waals surface area contributed by atoms with E-state index in [4.69, 9.17) is 4.74 Å². The standard InChI is InChI=1S/C27H33N3O6S/c1-4-19-8-10-20(11-9-19)24-23(25(31)21-6-5-7-22(18-21)37(34,35)28(2)3)26(32)27(33)30(24)13-12-29-14-16-36-17-15-29/h5-11,18,24,31H,4,12-17H2,1-3H3/t24-/m1/s1. The molecule has 2 aliphatic rings. The Labute approximate surface area is 218 Å². The van der Waals surface area contributed by atoms with Crippen LogP contribution in [-0.4, -0.2) is 92.8 Å². The molecule has 4 rings (SSSR count). The van der Waals surface area contributed by atoms with Crippen molar-refractivity contribution < 1.29 is 27.9 Å². The number of nitrogens with zero attached hydrogens (tertiary/aromatic N) is 3. The average molecular weight is 528 g/mol. The summed E-state index contributed by atoms with van der Waals surface area (Å²) in [6, 6.07) is 12.6. The monoisotopic (exact) mass is 527 g/mol. The molecule has 198 valence electrons. The molecule has 2 aromatic rings. The number of carbonyl (C=O) groups is 2. The molecule has 0 bridgehead atoms. The molecular formula is C27H33N3O6S. The first-order chi connectivity index (χ1) is 17.6. The van der Waals surface area contributed by atoms with Crippen molar-refractivity contribution >= 4 is 27.5 Å². The number of rotatable bonds is 8. The lowest BCUT2D eigenvalue weighted by Crippen LogP contribution is -2.42. The van der Waals surface area contributed by atoms with Crippen LogP contribution in [-0.2, 0) is 30.8 Å². The number of ketones is 1. The van der Waals surface area contributed by atoms with Crippen LogP contribution in [0.25, 0.3) is 5.76 Å². The number of sulfonamides is 1. The Morgan fingerprint density at radius 2 is 1.73 bits per heavy atom. The highest BCUT2D eigenvalue weighted by molar-refractivity contribution is 7.89. The van der Waals surface area contributed by atoms with Crippen molar-refractivity contribution in [3.8, 4) is 0 Å². The summed E-state index contributed by atoms with van der Waals surface area (Å²) in [5, 5.41) is 11.3. The predicted molar refractivity (Wildman–Crippen MR) is 139 cm³/mol. The van der Waals surface area contributed by atoms with Crippen LogP contribution >= 0.6 is 0 Å². The van der Waals surface area contributed by atoms with E-state index in [9.17, 15) is 23.1 Å². The van der Waals surface area contributed by atoms with Crippen LogP contribution in [0.4, 0.5) is 0 Å². The summed E-state index contributed by atoms with van der Waals surface area (Å²) in [6.07, 6.45) is 0.838. The van der Waals surface area contributed by atoms with Gasteiger partial charge in [-0.15, -0.1) is 0 Å². The van der Waals surface area contributed by atoms with Gasteiger partial charge in [0.15, 0.2) is 0 Å². The summed E-state index contributed by atoms with van der Waals surface area (Å²) in [6.45, 7) is 5.63. The number of amides is 1. The van der Waals surface area contributed by atoms with Gasteiger partial charge in [0.25, 0.3) is 11.7 Å². The third-order valence-corrected chi connectivity index (χ3v) is 8.70. The van der Waals surface area contributed by atoms with Crippen molar-refractivity contribution in [2.75, 3.05) is 53.5 Å². The van der Waals surface area contributed by atoms with Crippen LogP contribution in [0.15, 0.2) is 59.0 Å². The van der Waals surface area contributed by atoms with Crippen LogP contribution in [0.2, 0.25) is 0 Å². The van der Waals surface area contributed by atoms with E-state index in [0.717, 1.165) is 29.4 Å². The number of aliphatic hydroxyl groups is 1. The van der Waals surface area contributed by atoms with E-state index in [1.165, 1.54) is 43.3 Å². The minimum atomic E-state index is -3.76. The molecule has 2 saturated heterocycles. The fourth-order valence-electron chi connectivity index (χ4n) is 4.64. The van der Waals surface area contributed by atoms with Crippen molar-refractivity contribution in [3.05, 3.63) is 70.8 Å². The second kappa shape index (κ2) is 11.1. The fraction of sp³-hybridized carbons (Fsp3) is 0.407. The second-order valence-corrected chi connectivity index (χ2v) is 11.5. The van der Waals surface area contributed by atoms with Crippen LogP contribution in [0.3, 0.4) is 0 Å². The zero-order valence-corrected chi connectivity index (χ0v) is 22.2. The van der Waals surface area contributed by atoms with E-state index in [0.29, 0.717) is 31.9 Å². The fourth-order valence-corrected chi connectivity index (χ4v) is 5.58. The number of ether oxygens (including phenoxy) is 1. The molecule has 37 heavy (non-hydrogen) atoms. The second-order valence-electron chi connectivity index (χ2n) is 9.36. The lowest BCUT2D eigenvalue weighted by Gasteiger charge is -2.31. The zero-order chi connectivity index (χ0) is 26.7. The molecule has 0 saturated carbocycles. The van der Waals surface area contributed by atoms with Crippen LogP contribution < -0.4 is 0 Å². The highest BCUT2D eigenvalue weighted by Crippen LogP contribution is 2.39. The minimum absolute atomic E-state index is 0.0213. The van der Waals surface area contributed by atoms with Crippen LogP contribution in [0.1, 0.15) is 29.7 Å². The topological polar surface area (TPSA) is 107 Å². The highest BCUT2D eigenvalue weighted by Gasteiger charge is 2.46. The molecule has 0 unspecified atom stereocenters. The van der Waals surface area contributed by atoms with E-state index in [2.05, 4.69) is 4.90 Å². The molecule has 0 aromatic heterocycles. The highest BCUT2D eigenvalue weighted by atomic mass is 32.2. The van der Waals surface area contributed by atoms with E-state index < -0.39 is 33.5 Å². The number of hydrogen-bond donors (Lipinski definition) is 1. The zero-order valence-electron chi connectivity index (χ0n) is 21.4. The molecule has 2 aliphatic heterocycles. The van der Waals surface area contributed by atoms with Gasteiger partial charge in [-0.05, 0) is 29.7 Å². The Balaban J connectivity index is 1.78. The van der Waals surface area contributed by atoms with E-state index in [1.54, 1.807) is 0 Å². The number of hydrogen-bond acceptors (Lipinski definition) is 7. The molecule has 2 heterocycles. The summed E-state index contributed by atoms with van der Waals surface area (Å²) in [5.74, 6) is -1.87. The molecule has 2 fully saturated rings. The number of carbonyl (C=O) groups excluding carboxylic acids is 2. The van der Waals surface area contributed by atoms with Gasteiger partial charge in [0, 0.05) is 45.8 Å². The smallest absolute Gasteiger partial charge is 0.295 e. The molecule has 1 amide bonds. The Morgan fingerprint density at radius 1 is 1.05 bits per heavy atom. The Hall–Kier alpha value is -3.05. The number of morpholine rings is 1. The van der Waals surface area contributed by atoms with Crippen molar-refractivity contribution in [3.63, 3.8) is 0 Å². The first-order valence-corrected chi connectivity index (χ1v) is 13.8. The molecule has 1 atom stereocenters. The summed E-state index contributed by atoms with van der Waals surface area (Å²) >= 11 is 0. The quantitative estimate of drug-likeness (QED) is 0.319. The van der Waals surface area contributed by atoms with Gasteiger partial charge in [-0.1, -0.05) is 43.3 Å². The molecule has 0 radical (unpaired) electrons. The predicted octanol–water partition coefficient (Wildman–Crippen LogP) is 2.25. The SMILES string of the molecule is CCc1ccc([C@@H]2C(=C(O)c3cccc(S(=O)(=O)N(C)C)c3)C(=O)C(=O)N2CCN2CCOCC2)cc1. The van der Waals surface area contributed by atoms with Gasteiger partial charge in [-0.2, -0.15) is 0 Å². The average Bonchev–Trinajstić information content (AvgIpc) is 3.17. The van der Waals surface area contributed by atoms with E-state index >= 15 is 0 Å². The van der Waals surface area contributed by atoms with Gasteiger partial charge in [0.05, 0.1) is 29.7 Å². The maximum atomic E-state index is 13.3. The Morgan fingerprint density at radius 3 is 2.35 bits per heavy atom. The van der Waals surface area contributed by atoms with E-state index in [-0.39, 0.29) is 16.0 Å². The van der Waals surface area contributed by atoms with Gasteiger partial charge >= 0.3 is 0 Å². The first kappa shape index (κ1) is 27.0. The van der Waals surface area contributed by atoms with Gasteiger partial charge in [0.2, 0.25) is 10.0 Å². The summed E-state index contributed by atoms with van der Waals surface area (Å²) in [7, 11) is -0.927. The van der Waals surface area contributed by atoms with Crippen molar-refractivity contribution in [1.82, 2.24) is 14.1 Å². The third kappa shape index (κ3) is 5.47. The van der Waals surface area contributed by atoms with Crippen molar-refractivity contribution in [2.24, 2.45) is 0 Å². The third-order valence-electron chi connectivity index (χ3n) is 6.89. The Kier molecular flexibility index (Phi) is 8.13. The summed E-state index contributed by atoms with van der Waals surface area (Å²) in [4.78, 5) is 30.2. The molecule has 9 nitrogen and oxygen atoms in total. The van der Waals surface area contributed by atoms with Gasteiger partial charge in [-0.25, -0.2) is 12.7 Å². The van der Waals surface area contributed by atoms with Crippen molar-refractivity contribution in [2.45, 2.75) is 24.3 Å². The lowest BCUT2D eigenvalue weighted by molar-refractivity contribution is -0.140. The number of Topliss-reactive ketones (excluding diaryl/α,β-unsaturated/α-hetero) is 1. The number of benzene rings is 2.